The summed E-state index contributed by atoms with van der Waals surface area (Å²) in [5, 5.41) is 8.77. The van der Waals surface area contributed by atoms with Crippen LogP contribution in [0.5, 0.6) is 0 Å². The maximum Gasteiger partial charge on any atom is 0.302 e. The molecule has 78 valence electrons. The lowest BCUT2D eigenvalue weighted by atomic mass is 10.1. The van der Waals surface area contributed by atoms with Crippen LogP contribution < -0.4 is 0 Å². The molecule has 0 N–H and O–H groups in total. The normalized spacial score (nSPS) is 9.47. The number of carbonyl (C=O) groups excluding carboxylic acids is 1. The Morgan fingerprint density at radius 3 is 2.87 bits per heavy atom. The second-order valence-electron chi connectivity index (χ2n) is 2.81. The fraction of sp³-hybridized carbons (Fsp3) is 0.200. The summed E-state index contributed by atoms with van der Waals surface area (Å²) in [4.78, 5) is 10.6. The zero-order valence-corrected chi connectivity index (χ0v) is 8.64. The Kier molecular flexibility index (Phi) is 3.64. The van der Waals surface area contributed by atoms with E-state index in [-0.39, 0.29) is 22.8 Å². The molecule has 3 nitrogen and oxygen atoms in total. The highest BCUT2D eigenvalue weighted by molar-refractivity contribution is 6.31. The van der Waals surface area contributed by atoms with Crippen molar-refractivity contribution >= 4 is 17.6 Å². The van der Waals surface area contributed by atoms with E-state index in [4.69, 9.17) is 16.9 Å². The van der Waals surface area contributed by atoms with Crippen molar-refractivity contribution in [2.75, 3.05) is 0 Å². The van der Waals surface area contributed by atoms with Crippen molar-refractivity contribution in [3.8, 4) is 6.07 Å². The molecule has 0 fully saturated rings. The molecule has 5 heteroatoms. The van der Waals surface area contributed by atoms with Crippen LogP contribution in [0, 0.1) is 17.1 Å². The zero-order chi connectivity index (χ0) is 11.4. The van der Waals surface area contributed by atoms with Crippen LogP contribution in [0.2, 0.25) is 5.02 Å². The molecule has 1 aromatic carbocycles. The first kappa shape index (κ1) is 11.5. The van der Waals surface area contributed by atoms with Gasteiger partial charge in [-0.2, -0.15) is 5.26 Å². The highest BCUT2D eigenvalue weighted by Crippen LogP contribution is 2.21. The van der Waals surface area contributed by atoms with Crippen LogP contribution in [0.15, 0.2) is 12.1 Å². The van der Waals surface area contributed by atoms with E-state index >= 15 is 0 Å². The van der Waals surface area contributed by atoms with Gasteiger partial charge in [0.05, 0.1) is 10.6 Å². The summed E-state index contributed by atoms with van der Waals surface area (Å²) in [6.07, 6.45) is 0. The summed E-state index contributed by atoms with van der Waals surface area (Å²) in [5.74, 6) is -1.07. The van der Waals surface area contributed by atoms with Crippen LogP contribution in [0.25, 0.3) is 0 Å². The highest BCUT2D eigenvalue weighted by Gasteiger charge is 2.10. The average Bonchev–Trinajstić information content (AvgIpc) is 2.13. The number of ether oxygens (including phenoxy) is 1. The summed E-state index contributed by atoms with van der Waals surface area (Å²) in [7, 11) is 0. The molecule has 0 saturated heterocycles. The monoisotopic (exact) mass is 227 g/mol. The number of hydrogen-bond acceptors (Lipinski definition) is 3. The van der Waals surface area contributed by atoms with Crippen molar-refractivity contribution < 1.29 is 13.9 Å². The van der Waals surface area contributed by atoms with Gasteiger partial charge in [-0.3, -0.25) is 4.79 Å². The van der Waals surface area contributed by atoms with E-state index in [9.17, 15) is 9.18 Å². The second kappa shape index (κ2) is 4.76. The quantitative estimate of drug-likeness (QED) is 0.729. The van der Waals surface area contributed by atoms with Gasteiger partial charge in [0.2, 0.25) is 0 Å². The van der Waals surface area contributed by atoms with Gasteiger partial charge in [0.1, 0.15) is 18.5 Å². The Bertz CT molecular complexity index is 440. The van der Waals surface area contributed by atoms with Crippen LogP contribution in [-0.2, 0) is 16.1 Å². The molecule has 15 heavy (non-hydrogen) atoms. The van der Waals surface area contributed by atoms with Crippen molar-refractivity contribution in [1.29, 1.82) is 5.26 Å². The van der Waals surface area contributed by atoms with Crippen LogP contribution in [0.1, 0.15) is 18.1 Å². The standard InChI is InChI=1S/C10H7ClFNO2/c1-6(14)15-5-7-2-8(12)3-10(11)9(7)4-13/h2-3H,5H2,1H3. The maximum absolute atomic E-state index is 12.9. The Morgan fingerprint density at radius 2 is 2.33 bits per heavy atom. The van der Waals surface area contributed by atoms with E-state index in [0.717, 1.165) is 12.1 Å². The molecule has 0 spiro atoms. The van der Waals surface area contributed by atoms with Crippen molar-refractivity contribution in [3.63, 3.8) is 0 Å². The minimum absolute atomic E-state index is 0.0136. The number of hydrogen-bond donors (Lipinski definition) is 0. The lowest BCUT2D eigenvalue weighted by Gasteiger charge is -2.05. The van der Waals surface area contributed by atoms with E-state index in [0.29, 0.717) is 0 Å². The van der Waals surface area contributed by atoms with E-state index < -0.39 is 11.8 Å². The van der Waals surface area contributed by atoms with Crippen molar-refractivity contribution in [2.45, 2.75) is 13.5 Å². The van der Waals surface area contributed by atoms with Crippen LogP contribution >= 0.6 is 11.6 Å². The molecule has 0 saturated carbocycles. The minimum Gasteiger partial charge on any atom is -0.461 e. The van der Waals surface area contributed by atoms with E-state index in [2.05, 4.69) is 4.74 Å². The first-order valence-corrected chi connectivity index (χ1v) is 4.43. The molecule has 0 unspecified atom stereocenters. The fourth-order valence-electron chi connectivity index (χ4n) is 1.05. The third-order valence-electron chi connectivity index (χ3n) is 1.68. The molecule has 0 aliphatic carbocycles. The topological polar surface area (TPSA) is 50.1 Å². The van der Waals surface area contributed by atoms with Crippen LogP contribution in [0.3, 0.4) is 0 Å². The summed E-state index contributed by atoms with van der Waals surface area (Å²) in [6, 6.07) is 3.98. The van der Waals surface area contributed by atoms with Crippen molar-refractivity contribution in [2.24, 2.45) is 0 Å². The predicted molar refractivity (Wildman–Crippen MR) is 51.6 cm³/mol. The SMILES string of the molecule is CC(=O)OCc1cc(F)cc(Cl)c1C#N. The Hall–Kier alpha value is -1.60. The van der Waals surface area contributed by atoms with Crippen LogP contribution in [-0.4, -0.2) is 5.97 Å². The number of benzene rings is 1. The Balaban J connectivity index is 3.05. The number of nitrogens with zero attached hydrogens (tertiary/aromatic N) is 1. The first-order chi connectivity index (χ1) is 7.04. The predicted octanol–water partition coefficient (Wildman–Crippen LogP) is 2.41. The van der Waals surface area contributed by atoms with E-state index in [1.165, 1.54) is 6.92 Å². The summed E-state index contributed by atoms with van der Waals surface area (Å²) < 4.78 is 17.6. The molecule has 0 radical (unpaired) electrons. The van der Waals surface area contributed by atoms with Gasteiger partial charge in [0.25, 0.3) is 0 Å². The molecule has 0 aliphatic heterocycles. The molecule has 0 bridgehead atoms. The summed E-state index contributed by atoms with van der Waals surface area (Å²) in [5.41, 5.74) is 0.386. The number of rotatable bonds is 2. The van der Waals surface area contributed by atoms with Gasteiger partial charge in [0, 0.05) is 12.5 Å². The summed E-state index contributed by atoms with van der Waals surface area (Å²) in [6.45, 7) is 1.07. The first-order valence-electron chi connectivity index (χ1n) is 4.06. The van der Waals surface area contributed by atoms with Gasteiger partial charge in [0.15, 0.2) is 0 Å². The molecular formula is C10H7ClFNO2. The molecule has 0 amide bonds. The molecule has 1 rings (SSSR count). The smallest absolute Gasteiger partial charge is 0.302 e. The average molecular weight is 228 g/mol. The van der Waals surface area contributed by atoms with Gasteiger partial charge in [-0.1, -0.05) is 11.6 Å². The molecule has 0 aromatic heterocycles. The highest BCUT2D eigenvalue weighted by atomic mass is 35.5. The minimum atomic E-state index is -0.568. The van der Waals surface area contributed by atoms with Crippen LogP contribution in [0.4, 0.5) is 4.39 Å². The van der Waals surface area contributed by atoms with Crippen molar-refractivity contribution in [1.82, 2.24) is 0 Å². The van der Waals surface area contributed by atoms with Gasteiger partial charge in [-0.15, -0.1) is 0 Å². The number of halogens is 2. The summed E-state index contributed by atoms with van der Waals surface area (Å²) >= 11 is 5.65. The fourth-order valence-corrected chi connectivity index (χ4v) is 1.31. The van der Waals surface area contributed by atoms with Crippen molar-refractivity contribution in [3.05, 3.63) is 34.1 Å². The third kappa shape index (κ3) is 2.93. The third-order valence-corrected chi connectivity index (χ3v) is 1.98. The Labute approximate surface area is 91.0 Å². The molecule has 0 aliphatic rings. The van der Waals surface area contributed by atoms with Gasteiger partial charge in [-0.05, 0) is 12.1 Å². The van der Waals surface area contributed by atoms with Gasteiger partial charge < -0.3 is 4.74 Å². The van der Waals surface area contributed by atoms with E-state index in [1.807, 2.05) is 6.07 Å². The second-order valence-corrected chi connectivity index (χ2v) is 3.22. The lowest BCUT2D eigenvalue weighted by molar-refractivity contribution is -0.142. The molecule has 0 heterocycles. The largest absolute Gasteiger partial charge is 0.461 e. The maximum atomic E-state index is 12.9. The van der Waals surface area contributed by atoms with Gasteiger partial charge >= 0.3 is 5.97 Å². The number of esters is 1. The molecule has 1 aromatic rings. The molecule has 0 atom stereocenters. The van der Waals surface area contributed by atoms with E-state index in [1.54, 1.807) is 0 Å². The van der Waals surface area contributed by atoms with Gasteiger partial charge in [-0.25, -0.2) is 4.39 Å². The number of nitriles is 1. The molecular weight excluding hydrogens is 221 g/mol. The zero-order valence-electron chi connectivity index (χ0n) is 7.88. The number of carbonyl (C=O) groups is 1. The Morgan fingerprint density at radius 1 is 1.67 bits per heavy atom. The lowest BCUT2D eigenvalue weighted by Crippen LogP contribution is -2.01.